The number of ether oxygens (including phenoxy) is 1. The van der Waals surface area contributed by atoms with Crippen LogP contribution < -0.4 is 15.4 Å². The minimum absolute atomic E-state index is 0. The van der Waals surface area contributed by atoms with Crippen LogP contribution in [0, 0.1) is 0 Å². The van der Waals surface area contributed by atoms with Crippen LogP contribution >= 0.6 is 24.8 Å². The molecule has 1 aliphatic rings. The first kappa shape index (κ1) is 25.0. The molecule has 1 aromatic carbocycles. The van der Waals surface area contributed by atoms with Crippen LogP contribution in [0.25, 0.3) is 0 Å². The average Bonchev–Trinajstić information content (AvgIpc) is 2.61. The van der Waals surface area contributed by atoms with Gasteiger partial charge in [-0.3, -0.25) is 4.79 Å². The Hall–Kier alpha value is -1.01. The summed E-state index contributed by atoms with van der Waals surface area (Å²) in [7, 11) is 0. The number of nitrogens with zero attached hydrogens (tertiary/aromatic N) is 1. The number of likely N-dealkylation sites (N-methyl/N-ethyl adjacent to an activating group) is 1. The van der Waals surface area contributed by atoms with Crippen molar-refractivity contribution in [1.29, 1.82) is 0 Å². The zero-order chi connectivity index (χ0) is 17.4. The van der Waals surface area contributed by atoms with Gasteiger partial charge in [0.2, 0.25) is 0 Å². The number of hydrogen-bond donors (Lipinski definition) is 2. The fourth-order valence-electron chi connectivity index (χ4n) is 3.03. The molecule has 1 aromatic rings. The molecule has 1 saturated heterocycles. The highest BCUT2D eigenvalue weighted by Gasteiger charge is 2.22. The van der Waals surface area contributed by atoms with E-state index in [9.17, 15) is 4.79 Å². The number of nitrogens with one attached hydrogen (secondary N) is 2. The standard InChI is InChI=1S/C19H31N3O2.2ClH/c1-4-22(5-2)13-14-24-17-10-8-16(9-11-17)19(23)21-18-7-6-12-20-15(18)3;;/h8-11,15,18,20H,4-7,12-14H2,1-3H3,(H,21,23);2*1H. The van der Waals surface area contributed by atoms with Gasteiger partial charge in [-0.25, -0.2) is 0 Å². The number of hydrogen-bond acceptors (Lipinski definition) is 4. The molecule has 26 heavy (non-hydrogen) atoms. The van der Waals surface area contributed by atoms with E-state index >= 15 is 0 Å². The second kappa shape index (κ2) is 13.2. The lowest BCUT2D eigenvalue weighted by Gasteiger charge is -2.30. The van der Waals surface area contributed by atoms with Gasteiger partial charge >= 0.3 is 0 Å². The van der Waals surface area contributed by atoms with E-state index in [-0.39, 0.29) is 36.8 Å². The predicted molar refractivity (Wildman–Crippen MR) is 112 cm³/mol. The van der Waals surface area contributed by atoms with Crippen molar-refractivity contribution in [2.24, 2.45) is 0 Å². The highest BCUT2D eigenvalue weighted by Crippen LogP contribution is 2.14. The third-order valence-corrected chi connectivity index (χ3v) is 4.77. The number of carbonyl (C=O) groups is 1. The zero-order valence-corrected chi connectivity index (χ0v) is 17.6. The van der Waals surface area contributed by atoms with E-state index in [0.717, 1.165) is 44.8 Å². The predicted octanol–water partition coefficient (Wildman–Crippen LogP) is 3.12. The Labute approximate surface area is 170 Å². The third kappa shape index (κ3) is 7.70. The molecule has 5 nitrogen and oxygen atoms in total. The number of benzene rings is 1. The molecular formula is C19H33Cl2N3O2. The second-order valence-electron chi connectivity index (χ2n) is 6.36. The summed E-state index contributed by atoms with van der Waals surface area (Å²) in [5.74, 6) is 0.802. The number of carbonyl (C=O) groups excluding carboxylic acids is 1. The summed E-state index contributed by atoms with van der Waals surface area (Å²) >= 11 is 0. The molecule has 0 bridgehead atoms. The molecule has 2 unspecified atom stereocenters. The van der Waals surface area contributed by atoms with Crippen molar-refractivity contribution in [1.82, 2.24) is 15.5 Å². The van der Waals surface area contributed by atoms with Gasteiger partial charge in [-0.05, 0) is 63.7 Å². The largest absolute Gasteiger partial charge is 0.492 e. The van der Waals surface area contributed by atoms with Crippen LogP contribution in [0.15, 0.2) is 24.3 Å². The van der Waals surface area contributed by atoms with Gasteiger partial charge in [-0.2, -0.15) is 0 Å². The highest BCUT2D eigenvalue weighted by molar-refractivity contribution is 5.94. The molecular weight excluding hydrogens is 373 g/mol. The molecule has 0 radical (unpaired) electrons. The maximum Gasteiger partial charge on any atom is 0.251 e. The molecule has 1 amide bonds. The molecule has 1 aliphatic heterocycles. The first-order valence-corrected chi connectivity index (χ1v) is 9.13. The fraction of sp³-hybridized carbons (Fsp3) is 0.632. The average molecular weight is 406 g/mol. The van der Waals surface area contributed by atoms with Crippen molar-refractivity contribution >= 4 is 30.7 Å². The van der Waals surface area contributed by atoms with E-state index in [1.807, 2.05) is 24.3 Å². The Morgan fingerprint density at radius 3 is 2.46 bits per heavy atom. The number of amides is 1. The summed E-state index contributed by atoms with van der Waals surface area (Å²) in [6, 6.07) is 7.95. The molecule has 2 atom stereocenters. The van der Waals surface area contributed by atoms with Gasteiger partial charge < -0.3 is 20.3 Å². The second-order valence-corrected chi connectivity index (χ2v) is 6.36. The van der Waals surface area contributed by atoms with Crippen LogP contribution in [0.3, 0.4) is 0 Å². The van der Waals surface area contributed by atoms with Crippen molar-refractivity contribution in [3.05, 3.63) is 29.8 Å². The number of halogens is 2. The van der Waals surface area contributed by atoms with Crippen LogP contribution in [0.4, 0.5) is 0 Å². The normalized spacial score (nSPS) is 19.2. The maximum atomic E-state index is 12.4. The summed E-state index contributed by atoms with van der Waals surface area (Å²) in [5, 5.41) is 6.53. The minimum Gasteiger partial charge on any atom is -0.492 e. The van der Waals surface area contributed by atoms with Crippen molar-refractivity contribution in [3.63, 3.8) is 0 Å². The fourth-order valence-corrected chi connectivity index (χ4v) is 3.03. The molecule has 2 rings (SSSR count). The van der Waals surface area contributed by atoms with Gasteiger partial charge in [0, 0.05) is 24.2 Å². The van der Waals surface area contributed by atoms with Crippen LogP contribution in [0.1, 0.15) is 44.0 Å². The molecule has 7 heteroatoms. The van der Waals surface area contributed by atoms with Gasteiger partial charge in [0.05, 0.1) is 0 Å². The summed E-state index contributed by atoms with van der Waals surface area (Å²) in [6.07, 6.45) is 2.14. The van der Waals surface area contributed by atoms with Crippen molar-refractivity contribution in [2.75, 3.05) is 32.8 Å². The molecule has 2 N–H and O–H groups in total. The van der Waals surface area contributed by atoms with Crippen LogP contribution in [0.2, 0.25) is 0 Å². The number of rotatable bonds is 8. The quantitative estimate of drug-likeness (QED) is 0.697. The molecule has 0 aliphatic carbocycles. The summed E-state index contributed by atoms with van der Waals surface area (Å²) in [6.45, 7) is 11.1. The SMILES string of the molecule is CCN(CC)CCOc1ccc(C(=O)NC2CCCNC2C)cc1.Cl.Cl. The van der Waals surface area contributed by atoms with Crippen molar-refractivity contribution in [3.8, 4) is 5.75 Å². The Morgan fingerprint density at radius 1 is 1.23 bits per heavy atom. The van der Waals surface area contributed by atoms with E-state index in [0.29, 0.717) is 18.2 Å². The van der Waals surface area contributed by atoms with Crippen molar-refractivity contribution in [2.45, 2.75) is 45.7 Å². The molecule has 0 saturated carbocycles. The molecule has 0 aromatic heterocycles. The monoisotopic (exact) mass is 405 g/mol. The molecule has 0 spiro atoms. The lowest BCUT2D eigenvalue weighted by Crippen LogP contribution is -2.51. The first-order valence-electron chi connectivity index (χ1n) is 9.13. The third-order valence-electron chi connectivity index (χ3n) is 4.77. The van der Waals surface area contributed by atoms with Crippen LogP contribution in [-0.2, 0) is 0 Å². The minimum atomic E-state index is -0.00904. The Balaban J connectivity index is 0.00000312. The number of piperidine rings is 1. The lowest BCUT2D eigenvalue weighted by atomic mass is 9.99. The van der Waals surface area contributed by atoms with Gasteiger partial charge in [-0.1, -0.05) is 13.8 Å². The van der Waals surface area contributed by atoms with Crippen molar-refractivity contribution < 1.29 is 9.53 Å². The van der Waals surface area contributed by atoms with Gasteiger partial charge in [0.25, 0.3) is 5.91 Å². The van der Waals surface area contributed by atoms with E-state index in [1.165, 1.54) is 0 Å². The summed E-state index contributed by atoms with van der Waals surface area (Å²) in [4.78, 5) is 14.7. The summed E-state index contributed by atoms with van der Waals surface area (Å²) in [5.41, 5.74) is 0.684. The topological polar surface area (TPSA) is 53.6 Å². The van der Waals surface area contributed by atoms with E-state index in [4.69, 9.17) is 4.74 Å². The highest BCUT2D eigenvalue weighted by atomic mass is 35.5. The smallest absolute Gasteiger partial charge is 0.251 e. The van der Waals surface area contributed by atoms with E-state index in [2.05, 4.69) is 36.3 Å². The van der Waals surface area contributed by atoms with Gasteiger partial charge in [-0.15, -0.1) is 24.8 Å². The van der Waals surface area contributed by atoms with Crippen LogP contribution in [-0.4, -0.2) is 55.7 Å². The Bertz CT molecular complexity index is 510. The van der Waals surface area contributed by atoms with E-state index < -0.39 is 0 Å². The Kier molecular flexibility index (Phi) is 12.7. The van der Waals surface area contributed by atoms with Crippen LogP contribution in [0.5, 0.6) is 5.75 Å². The molecule has 1 heterocycles. The maximum absolute atomic E-state index is 12.4. The Morgan fingerprint density at radius 2 is 1.88 bits per heavy atom. The first-order chi connectivity index (χ1) is 11.6. The van der Waals surface area contributed by atoms with E-state index in [1.54, 1.807) is 0 Å². The summed E-state index contributed by atoms with van der Waals surface area (Å²) < 4.78 is 5.76. The van der Waals surface area contributed by atoms with Gasteiger partial charge in [0.1, 0.15) is 12.4 Å². The lowest BCUT2D eigenvalue weighted by molar-refractivity contribution is 0.0920. The molecule has 1 fully saturated rings. The zero-order valence-electron chi connectivity index (χ0n) is 16.0. The van der Waals surface area contributed by atoms with Gasteiger partial charge in [0.15, 0.2) is 0 Å². The molecule has 150 valence electrons.